The van der Waals surface area contributed by atoms with Crippen molar-refractivity contribution >= 4 is 0 Å². The summed E-state index contributed by atoms with van der Waals surface area (Å²) < 4.78 is 0. The molecule has 2 unspecified atom stereocenters. The van der Waals surface area contributed by atoms with E-state index in [1.165, 1.54) is 12.0 Å². The third kappa shape index (κ3) is 4.40. The van der Waals surface area contributed by atoms with E-state index in [1.54, 1.807) is 6.20 Å². The molecule has 1 heterocycles. The maximum Gasteiger partial charge on any atom is 0.0300 e. The van der Waals surface area contributed by atoms with Gasteiger partial charge >= 0.3 is 0 Å². The molecule has 0 spiro atoms. The Balaban J connectivity index is 2.47. The van der Waals surface area contributed by atoms with Gasteiger partial charge in [-0.3, -0.25) is 16.3 Å². The molecule has 0 saturated carbocycles. The van der Waals surface area contributed by atoms with Gasteiger partial charge in [-0.05, 0) is 30.4 Å². The highest BCUT2D eigenvalue weighted by Crippen LogP contribution is 2.12. The molecule has 0 aromatic carbocycles. The van der Waals surface area contributed by atoms with E-state index in [-0.39, 0.29) is 0 Å². The van der Waals surface area contributed by atoms with E-state index < -0.39 is 0 Å². The molecular weight excluding hydrogens is 186 g/mol. The van der Waals surface area contributed by atoms with Gasteiger partial charge in [0.25, 0.3) is 0 Å². The van der Waals surface area contributed by atoms with Crippen molar-refractivity contribution in [1.82, 2.24) is 10.4 Å². The zero-order chi connectivity index (χ0) is 11.1. The van der Waals surface area contributed by atoms with Crippen molar-refractivity contribution in [2.45, 2.75) is 39.2 Å². The molecule has 2 atom stereocenters. The predicted octanol–water partition coefficient (Wildman–Crippen LogP) is 1.89. The van der Waals surface area contributed by atoms with Crippen molar-refractivity contribution < 1.29 is 0 Å². The van der Waals surface area contributed by atoms with Gasteiger partial charge in [0, 0.05) is 18.4 Å². The molecule has 84 valence electrons. The number of pyridine rings is 1. The fourth-order valence-corrected chi connectivity index (χ4v) is 1.67. The highest BCUT2D eigenvalue weighted by molar-refractivity contribution is 5.10. The van der Waals surface area contributed by atoms with Crippen LogP contribution in [0.25, 0.3) is 0 Å². The minimum atomic E-state index is 0.351. The number of hydrogen-bond donors (Lipinski definition) is 2. The van der Waals surface area contributed by atoms with E-state index in [9.17, 15) is 0 Å². The molecule has 0 radical (unpaired) electrons. The van der Waals surface area contributed by atoms with E-state index in [2.05, 4.69) is 30.3 Å². The molecule has 3 N–H and O–H groups in total. The summed E-state index contributed by atoms with van der Waals surface area (Å²) in [4.78, 5) is 4.10. The van der Waals surface area contributed by atoms with Crippen molar-refractivity contribution in [2.24, 2.45) is 11.8 Å². The SMILES string of the molecule is CCC(C)CC(Cc1cccnc1)NN. The topological polar surface area (TPSA) is 50.9 Å². The quantitative estimate of drug-likeness (QED) is 0.553. The van der Waals surface area contributed by atoms with Gasteiger partial charge in [0.05, 0.1) is 0 Å². The van der Waals surface area contributed by atoms with Crippen LogP contribution in [-0.2, 0) is 6.42 Å². The Bertz CT molecular complexity index is 261. The number of nitrogens with two attached hydrogens (primary N) is 1. The molecule has 0 saturated heterocycles. The van der Waals surface area contributed by atoms with Crippen molar-refractivity contribution in [3.05, 3.63) is 30.1 Å². The molecule has 0 aliphatic carbocycles. The summed E-state index contributed by atoms with van der Waals surface area (Å²) in [5.74, 6) is 6.26. The smallest absolute Gasteiger partial charge is 0.0300 e. The highest BCUT2D eigenvalue weighted by atomic mass is 15.2. The molecule has 1 aromatic heterocycles. The summed E-state index contributed by atoms with van der Waals surface area (Å²) in [5.41, 5.74) is 4.13. The molecule has 0 aliphatic heterocycles. The molecule has 1 rings (SSSR count). The first-order chi connectivity index (χ1) is 7.26. The highest BCUT2D eigenvalue weighted by Gasteiger charge is 2.11. The minimum absolute atomic E-state index is 0.351. The summed E-state index contributed by atoms with van der Waals surface area (Å²) in [6, 6.07) is 4.41. The summed E-state index contributed by atoms with van der Waals surface area (Å²) in [7, 11) is 0. The zero-order valence-corrected chi connectivity index (χ0v) is 9.61. The van der Waals surface area contributed by atoms with Gasteiger partial charge in [-0.1, -0.05) is 26.3 Å². The van der Waals surface area contributed by atoms with Crippen LogP contribution >= 0.6 is 0 Å². The Morgan fingerprint density at radius 3 is 2.87 bits per heavy atom. The Morgan fingerprint density at radius 1 is 1.53 bits per heavy atom. The lowest BCUT2D eigenvalue weighted by Crippen LogP contribution is -2.38. The van der Waals surface area contributed by atoms with Crippen molar-refractivity contribution in [3.8, 4) is 0 Å². The standard InChI is InChI=1S/C12H21N3/c1-3-10(2)7-12(15-13)8-11-5-4-6-14-9-11/h4-6,9-10,12,15H,3,7-8,13H2,1-2H3. The Kier molecular flexibility index (Phi) is 5.29. The fourth-order valence-electron chi connectivity index (χ4n) is 1.67. The van der Waals surface area contributed by atoms with Crippen LogP contribution in [-0.4, -0.2) is 11.0 Å². The summed E-state index contributed by atoms with van der Waals surface area (Å²) >= 11 is 0. The summed E-state index contributed by atoms with van der Waals surface area (Å²) in [6.07, 6.45) is 6.96. The van der Waals surface area contributed by atoms with Crippen LogP contribution in [0, 0.1) is 5.92 Å². The normalized spacial score (nSPS) is 14.9. The number of rotatable bonds is 6. The molecule has 0 amide bonds. The third-order valence-electron chi connectivity index (χ3n) is 2.82. The predicted molar refractivity (Wildman–Crippen MR) is 63.1 cm³/mol. The first kappa shape index (κ1) is 12.1. The second-order valence-electron chi connectivity index (χ2n) is 4.18. The maximum absolute atomic E-state index is 5.55. The van der Waals surface area contributed by atoms with Gasteiger partial charge in [-0.15, -0.1) is 0 Å². The van der Waals surface area contributed by atoms with E-state index in [1.807, 2.05) is 12.3 Å². The molecule has 0 bridgehead atoms. The second-order valence-corrected chi connectivity index (χ2v) is 4.18. The van der Waals surface area contributed by atoms with E-state index >= 15 is 0 Å². The van der Waals surface area contributed by atoms with Gasteiger partial charge in [0.15, 0.2) is 0 Å². The Labute approximate surface area is 92.1 Å². The molecule has 3 nitrogen and oxygen atoms in total. The average molecular weight is 207 g/mol. The Hall–Kier alpha value is -0.930. The van der Waals surface area contributed by atoms with Crippen LogP contribution in [0.2, 0.25) is 0 Å². The third-order valence-corrected chi connectivity index (χ3v) is 2.82. The molecule has 0 fully saturated rings. The minimum Gasteiger partial charge on any atom is -0.271 e. The van der Waals surface area contributed by atoms with Gasteiger partial charge in [-0.25, -0.2) is 0 Å². The number of nitrogens with one attached hydrogen (secondary N) is 1. The molecule has 0 aliphatic rings. The lowest BCUT2D eigenvalue weighted by molar-refractivity contribution is 0.396. The number of hydrazine groups is 1. The van der Waals surface area contributed by atoms with Gasteiger partial charge < -0.3 is 0 Å². The van der Waals surface area contributed by atoms with Gasteiger partial charge in [0.2, 0.25) is 0 Å². The fraction of sp³-hybridized carbons (Fsp3) is 0.583. The number of hydrogen-bond acceptors (Lipinski definition) is 3. The lowest BCUT2D eigenvalue weighted by atomic mass is 9.96. The van der Waals surface area contributed by atoms with Crippen LogP contribution in [0.4, 0.5) is 0 Å². The molecule has 1 aromatic rings. The summed E-state index contributed by atoms with van der Waals surface area (Å²) in [6.45, 7) is 4.47. The van der Waals surface area contributed by atoms with Crippen molar-refractivity contribution in [2.75, 3.05) is 0 Å². The number of aromatic nitrogens is 1. The Morgan fingerprint density at radius 2 is 2.33 bits per heavy atom. The van der Waals surface area contributed by atoms with Crippen LogP contribution in [0.1, 0.15) is 32.3 Å². The van der Waals surface area contributed by atoms with Crippen molar-refractivity contribution in [3.63, 3.8) is 0 Å². The van der Waals surface area contributed by atoms with Crippen LogP contribution < -0.4 is 11.3 Å². The van der Waals surface area contributed by atoms with E-state index in [0.717, 1.165) is 12.8 Å². The van der Waals surface area contributed by atoms with Crippen molar-refractivity contribution in [1.29, 1.82) is 0 Å². The molecular formula is C12H21N3. The van der Waals surface area contributed by atoms with Crippen LogP contribution in [0.5, 0.6) is 0 Å². The largest absolute Gasteiger partial charge is 0.271 e. The monoisotopic (exact) mass is 207 g/mol. The van der Waals surface area contributed by atoms with Gasteiger partial charge in [0.1, 0.15) is 0 Å². The lowest BCUT2D eigenvalue weighted by Gasteiger charge is -2.19. The first-order valence-electron chi connectivity index (χ1n) is 5.61. The maximum atomic E-state index is 5.55. The van der Waals surface area contributed by atoms with Crippen LogP contribution in [0.15, 0.2) is 24.5 Å². The number of nitrogens with zero attached hydrogens (tertiary/aromatic N) is 1. The zero-order valence-electron chi connectivity index (χ0n) is 9.61. The average Bonchev–Trinajstić information content (AvgIpc) is 2.29. The first-order valence-corrected chi connectivity index (χ1v) is 5.61. The van der Waals surface area contributed by atoms with E-state index in [0.29, 0.717) is 12.0 Å². The van der Waals surface area contributed by atoms with Crippen LogP contribution in [0.3, 0.4) is 0 Å². The van der Waals surface area contributed by atoms with E-state index in [4.69, 9.17) is 5.84 Å². The molecule has 3 heteroatoms. The molecule has 15 heavy (non-hydrogen) atoms. The van der Waals surface area contributed by atoms with Gasteiger partial charge in [-0.2, -0.15) is 0 Å². The summed E-state index contributed by atoms with van der Waals surface area (Å²) in [5, 5.41) is 0. The second kappa shape index (κ2) is 6.53.